The van der Waals surface area contributed by atoms with Gasteiger partial charge in [0.05, 0.1) is 22.1 Å². The molecule has 51 heavy (non-hydrogen) atoms. The lowest BCUT2D eigenvalue weighted by Gasteiger charge is -2.38. The van der Waals surface area contributed by atoms with Crippen molar-refractivity contribution in [3.8, 4) is 5.69 Å². The van der Waals surface area contributed by atoms with Crippen LogP contribution in [0.3, 0.4) is 0 Å². The maximum atomic E-state index is 10.0. The number of para-hydroxylation sites is 3. The van der Waals surface area contributed by atoms with Crippen LogP contribution in [0.2, 0.25) is 6.48 Å². The summed E-state index contributed by atoms with van der Waals surface area (Å²) in [6.07, 6.45) is 0. The predicted octanol–water partition coefficient (Wildman–Crippen LogP) is 6.55. The highest BCUT2D eigenvalue weighted by atomic mass is 32.2. The van der Waals surface area contributed by atoms with Gasteiger partial charge in [-0.25, -0.2) is 4.98 Å². The van der Waals surface area contributed by atoms with Crippen LogP contribution in [-0.2, 0) is 0 Å². The third-order valence-electron chi connectivity index (χ3n) is 10.3. The van der Waals surface area contributed by atoms with Crippen molar-refractivity contribution in [2.24, 2.45) is 0 Å². The molecule has 10 rings (SSSR count). The third kappa shape index (κ3) is 4.47. The summed E-state index contributed by atoms with van der Waals surface area (Å²) in [4.78, 5) is 6.72. The van der Waals surface area contributed by atoms with Crippen molar-refractivity contribution in [1.82, 2.24) is 14.0 Å². The molecule has 1 aliphatic heterocycles. The fourth-order valence-electron chi connectivity index (χ4n) is 8.04. The van der Waals surface area contributed by atoms with Gasteiger partial charge in [0.1, 0.15) is 8.73 Å². The smallest absolute Gasteiger partial charge is 0.220 e. The predicted molar refractivity (Wildman–Crippen MR) is 221 cm³/mol. The Bertz CT molecular complexity index is 3000. The van der Waals surface area contributed by atoms with Crippen LogP contribution in [0, 0.1) is 6.85 Å². The molecule has 1 unspecified atom stereocenters. The minimum atomic E-state index is -4.02. The summed E-state index contributed by atoms with van der Waals surface area (Å²) in [7, 11) is -7.27. The molecule has 3 heterocycles. The Hall–Kier alpha value is -5.41. The zero-order valence-electron chi connectivity index (χ0n) is 34.4. The molecule has 0 saturated heterocycles. The van der Waals surface area contributed by atoms with E-state index in [9.17, 15) is 1.23 Å². The lowest BCUT2D eigenvalue weighted by atomic mass is 10.2. The van der Waals surface area contributed by atoms with E-state index in [2.05, 4.69) is 89.5 Å². The van der Waals surface area contributed by atoms with Gasteiger partial charge in [0.25, 0.3) is 0 Å². The van der Waals surface area contributed by atoms with E-state index in [-0.39, 0.29) is 5.56 Å². The van der Waals surface area contributed by atoms with E-state index in [1.165, 1.54) is 0 Å². The number of hydrogen-bond acceptors (Lipinski definition) is 2. The Morgan fingerprint density at radius 1 is 0.608 bits per heavy atom. The highest BCUT2D eigenvalue weighted by Crippen LogP contribution is 2.32. The lowest BCUT2D eigenvalue weighted by Crippen LogP contribution is -2.75. The van der Waals surface area contributed by atoms with Crippen LogP contribution in [-0.4, -0.2) is 32.0 Å². The Morgan fingerprint density at radius 2 is 1.24 bits per heavy atom. The highest BCUT2D eigenvalue weighted by molar-refractivity contribution is 8.00. The molecule has 0 N–H and O–H groups in total. The van der Waals surface area contributed by atoms with E-state index in [1.807, 2.05) is 77.2 Å². The molecule has 7 aromatic carbocycles. The van der Waals surface area contributed by atoms with Crippen LogP contribution < -0.4 is 31.1 Å². The van der Waals surface area contributed by atoms with Gasteiger partial charge in [-0.3, -0.25) is 8.97 Å². The van der Waals surface area contributed by atoms with Crippen LogP contribution >= 0.6 is 11.8 Å². The van der Waals surface area contributed by atoms with E-state index >= 15 is 0 Å². The van der Waals surface area contributed by atoms with Gasteiger partial charge < -0.3 is 0 Å². The number of benzene rings is 7. The van der Waals surface area contributed by atoms with E-state index in [4.69, 9.17) is 13.2 Å². The first-order valence-electron chi connectivity index (χ1n) is 20.5. The molecule has 0 radical (unpaired) electrons. The summed E-state index contributed by atoms with van der Waals surface area (Å²) in [5.74, 6) is 0.615. The number of rotatable bonds is 5. The van der Waals surface area contributed by atoms with Crippen LogP contribution in [0.4, 0.5) is 0 Å². The normalized spacial score (nSPS) is 18.2. The monoisotopic (exact) mass is 712 g/mol. The van der Waals surface area contributed by atoms with E-state index in [0.29, 0.717) is 21.7 Å². The highest BCUT2D eigenvalue weighted by Gasteiger charge is 2.44. The molecule has 0 saturated carbocycles. The molecule has 0 aliphatic carbocycles. The quantitative estimate of drug-likeness (QED) is 0.149. The van der Waals surface area contributed by atoms with Gasteiger partial charge in [-0.15, -0.1) is 0 Å². The number of nitrogens with zero attached hydrogens (tertiary/aromatic N) is 3. The SMILES string of the molecule is [2H]C([2H])([2H])c1cccc2c1nc1n(-c3ccc([Si](c4ccccc4)(c4ccccc4)c4cccc5c4Sc4ccccc4[Si]5([2H])C([2H])([2H])[2H])cc3)c3ccccc3n21. The first-order chi connectivity index (χ1) is 27.9. The minimum Gasteiger partial charge on any atom is -0.278 e. The summed E-state index contributed by atoms with van der Waals surface area (Å²) in [6.45, 7) is -4.83. The molecule has 0 bridgehead atoms. The minimum absolute atomic E-state index is 0.214. The second kappa shape index (κ2) is 11.8. The lowest BCUT2D eigenvalue weighted by molar-refractivity contribution is 1.11. The van der Waals surface area contributed by atoms with Crippen molar-refractivity contribution in [2.75, 3.05) is 0 Å². The first kappa shape index (κ1) is 23.9. The second-order valence-corrected chi connectivity index (χ2v) is 19.6. The zero-order chi connectivity index (χ0) is 40.0. The Labute approximate surface area is 314 Å². The van der Waals surface area contributed by atoms with Crippen molar-refractivity contribution in [1.29, 1.82) is 1.23 Å². The maximum Gasteiger partial charge on any atom is 0.220 e. The average Bonchev–Trinajstić information content (AvgIpc) is 3.76. The van der Waals surface area contributed by atoms with Gasteiger partial charge in [-0.2, -0.15) is 0 Å². The third-order valence-corrected chi connectivity index (χ3v) is 18.8. The van der Waals surface area contributed by atoms with Crippen LogP contribution in [0.1, 0.15) is 13.8 Å². The molecule has 9 aromatic rings. The topological polar surface area (TPSA) is 22.2 Å². The van der Waals surface area contributed by atoms with E-state index < -0.39 is 30.1 Å². The zero-order valence-corrected chi connectivity index (χ0v) is 30.2. The van der Waals surface area contributed by atoms with Gasteiger partial charge in [0, 0.05) is 24.9 Å². The maximum absolute atomic E-state index is 10.0. The van der Waals surface area contributed by atoms with Crippen molar-refractivity contribution in [2.45, 2.75) is 23.1 Å². The molecule has 1 aliphatic rings. The van der Waals surface area contributed by atoms with Crippen LogP contribution in [0.5, 0.6) is 0 Å². The van der Waals surface area contributed by atoms with Gasteiger partial charge in [-0.05, 0) is 79.9 Å². The average molecular weight is 713 g/mol. The van der Waals surface area contributed by atoms with Gasteiger partial charge in [0.2, 0.25) is 5.78 Å². The Morgan fingerprint density at radius 3 is 1.98 bits per heavy atom. The van der Waals surface area contributed by atoms with Gasteiger partial charge >= 0.3 is 0 Å². The molecular weight excluding hydrogens is 671 g/mol. The van der Waals surface area contributed by atoms with Crippen molar-refractivity contribution in [3.05, 3.63) is 175 Å². The standard InChI is InChI=1S/C45H35N3SSi2/c1-31-15-13-22-38-43(31)46-45-47(36-20-9-10-21-37(36)48(38)45)32-27-29-35(30-28-32)51(33-16-5-3-6-17-33,34-18-7-4-8-19-34)42-26-14-25-41-44(42)49-39-23-11-12-24-40(39)50(41)2/h3-30,50H,1-2H3/i1D3,2D3,50D. The van der Waals surface area contributed by atoms with Crippen molar-refractivity contribution in [3.63, 3.8) is 0 Å². The number of aromatic nitrogens is 3. The number of imidazole rings is 2. The van der Waals surface area contributed by atoms with Crippen LogP contribution in [0.25, 0.3) is 33.5 Å². The summed E-state index contributed by atoms with van der Waals surface area (Å²) in [5, 5.41) is 5.67. The number of aryl methyl sites for hydroxylation is 1. The fraction of sp³-hybridized carbons (Fsp3) is 0.0444. The van der Waals surface area contributed by atoms with E-state index in [1.54, 1.807) is 23.9 Å². The summed E-state index contributed by atoms with van der Waals surface area (Å²) < 4.78 is 65.5. The molecule has 244 valence electrons. The molecule has 1 atom stereocenters. The van der Waals surface area contributed by atoms with Gasteiger partial charge in [0.15, 0.2) is 8.07 Å². The second-order valence-electron chi connectivity index (χ2n) is 12.9. The number of fused-ring (bicyclic) bond motifs is 7. The van der Waals surface area contributed by atoms with Crippen LogP contribution in [0.15, 0.2) is 180 Å². The Kier molecular flexibility index (Phi) is 5.55. The molecule has 0 amide bonds. The number of hydrogen-bond donors (Lipinski definition) is 0. The summed E-state index contributed by atoms with van der Waals surface area (Å²) >= 11 is 1.59. The van der Waals surface area contributed by atoms with Crippen molar-refractivity contribution < 1.29 is 8.22 Å². The molecular formula is C45H35N3SSi2. The van der Waals surface area contributed by atoms with Crippen molar-refractivity contribution >= 4 is 87.5 Å². The summed E-state index contributed by atoms with van der Waals surface area (Å²) in [6, 6.07) is 56.7. The summed E-state index contributed by atoms with van der Waals surface area (Å²) in [5.41, 5.74) is 4.10. The molecule has 6 heteroatoms. The Balaban J connectivity index is 1.25. The van der Waals surface area contributed by atoms with E-state index in [0.717, 1.165) is 52.8 Å². The first-order valence-corrected chi connectivity index (χ1v) is 21.3. The molecule has 0 fully saturated rings. The molecule has 2 aromatic heterocycles. The largest absolute Gasteiger partial charge is 0.278 e. The molecule has 3 nitrogen and oxygen atoms in total. The van der Waals surface area contributed by atoms with Gasteiger partial charge in [-0.1, -0.05) is 152 Å². The molecule has 0 spiro atoms. The fourth-order valence-corrected chi connectivity index (χ4v) is 16.9.